The van der Waals surface area contributed by atoms with E-state index in [-0.39, 0.29) is 24.0 Å². The van der Waals surface area contributed by atoms with Crippen LogP contribution in [0.4, 0.5) is 0 Å². The molecule has 1 saturated heterocycles. The predicted molar refractivity (Wildman–Crippen MR) is 125 cm³/mol. The molecule has 0 spiro atoms. The van der Waals surface area contributed by atoms with Gasteiger partial charge in [-0.05, 0) is 57.4 Å². The van der Waals surface area contributed by atoms with Crippen LogP contribution in [0.1, 0.15) is 43.5 Å². The van der Waals surface area contributed by atoms with Crippen molar-refractivity contribution < 1.29 is 0 Å². The van der Waals surface area contributed by atoms with Gasteiger partial charge in [-0.1, -0.05) is 19.4 Å². The Morgan fingerprint density at radius 1 is 1.31 bits per heavy atom. The summed E-state index contributed by atoms with van der Waals surface area (Å²) in [7, 11) is 4.04. The quantitative estimate of drug-likeness (QED) is 0.298. The largest absolute Gasteiger partial charge is 0.355 e. The number of rotatable bonds is 10. The molecule has 1 aromatic heterocycles. The lowest BCUT2D eigenvalue weighted by Crippen LogP contribution is -2.44. The van der Waals surface area contributed by atoms with Gasteiger partial charge in [0.1, 0.15) is 0 Å². The minimum atomic E-state index is 0. The second-order valence-corrected chi connectivity index (χ2v) is 7.79. The van der Waals surface area contributed by atoms with Crippen LogP contribution in [0.5, 0.6) is 0 Å². The summed E-state index contributed by atoms with van der Waals surface area (Å²) in [6.07, 6.45) is 5.15. The van der Waals surface area contributed by atoms with Gasteiger partial charge < -0.3 is 15.5 Å². The van der Waals surface area contributed by atoms with Gasteiger partial charge >= 0.3 is 0 Å². The fourth-order valence-electron chi connectivity index (χ4n) is 3.26. The number of nitrogens with zero attached hydrogens (tertiary/aromatic N) is 3. The Morgan fingerprint density at radius 3 is 2.69 bits per heavy atom. The molecule has 2 N–H and O–H groups in total. The number of hydrogen-bond acceptors (Lipinski definition) is 4. The Balaban J connectivity index is 0.00000338. The van der Waals surface area contributed by atoms with E-state index in [0.717, 1.165) is 25.6 Å². The van der Waals surface area contributed by atoms with Crippen LogP contribution in [-0.2, 0) is 0 Å². The van der Waals surface area contributed by atoms with Gasteiger partial charge in [-0.2, -0.15) is 0 Å². The zero-order chi connectivity index (χ0) is 17.9. The van der Waals surface area contributed by atoms with Crippen molar-refractivity contribution in [2.24, 2.45) is 4.99 Å². The first-order valence-electron chi connectivity index (χ1n) is 9.65. The zero-order valence-electron chi connectivity index (χ0n) is 16.5. The van der Waals surface area contributed by atoms with Crippen LogP contribution in [0.25, 0.3) is 0 Å². The fourth-order valence-corrected chi connectivity index (χ4v) is 4.12. The van der Waals surface area contributed by atoms with Crippen LogP contribution in [0, 0.1) is 0 Å². The summed E-state index contributed by atoms with van der Waals surface area (Å²) in [5.41, 5.74) is 0. The highest BCUT2D eigenvalue weighted by Gasteiger charge is 2.24. The molecule has 0 saturated carbocycles. The molecule has 0 aromatic carbocycles. The highest BCUT2D eigenvalue weighted by atomic mass is 127. The minimum Gasteiger partial charge on any atom is -0.355 e. The summed E-state index contributed by atoms with van der Waals surface area (Å²) < 4.78 is 0. The third-order valence-electron chi connectivity index (χ3n) is 4.82. The Morgan fingerprint density at radius 2 is 2.08 bits per heavy atom. The molecule has 1 aliphatic rings. The van der Waals surface area contributed by atoms with Crippen molar-refractivity contribution in [1.82, 2.24) is 20.4 Å². The third-order valence-corrected chi connectivity index (χ3v) is 5.79. The summed E-state index contributed by atoms with van der Waals surface area (Å²) in [5, 5.41) is 9.17. The standard InChI is InChI=1S/C19H35N5S.HI/c1-4-5-11-23(3)14-10-21-19(20-2)22-16-17(18-9-8-15-25-18)24-12-6-7-13-24;/h8-9,15,17H,4-7,10-14,16H2,1-3H3,(H2,20,21,22);1H. The molecule has 2 heterocycles. The van der Waals surface area contributed by atoms with E-state index in [2.05, 4.69) is 56.9 Å². The van der Waals surface area contributed by atoms with Gasteiger partial charge in [-0.3, -0.25) is 9.89 Å². The van der Waals surface area contributed by atoms with Crippen molar-refractivity contribution in [3.05, 3.63) is 22.4 Å². The Bertz CT molecular complexity index is 488. The fraction of sp³-hybridized carbons (Fsp3) is 0.737. The van der Waals surface area contributed by atoms with Crippen LogP contribution >= 0.6 is 35.3 Å². The molecule has 1 unspecified atom stereocenters. The van der Waals surface area contributed by atoms with E-state index in [9.17, 15) is 0 Å². The number of aliphatic imine (C=N–C) groups is 1. The van der Waals surface area contributed by atoms with E-state index in [0.29, 0.717) is 6.04 Å². The predicted octanol–water partition coefficient (Wildman–Crippen LogP) is 3.40. The smallest absolute Gasteiger partial charge is 0.191 e. The average molecular weight is 494 g/mol. The maximum atomic E-state index is 4.39. The summed E-state index contributed by atoms with van der Waals surface area (Å²) in [6, 6.07) is 4.87. The number of guanidine groups is 1. The third kappa shape index (κ3) is 8.10. The molecule has 7 heteroatoms. The second kappa shape index (κ2) is 13.7. The van der Waals surface area contributed by atoms with Crippen molar-refractivity contribution in [2.75, 3.05) is 53.4 Å². The summed E-state index contributed by atoms with van der Waals surface area (Å²) >= 11 is 1.86. The van der Waals surface area contributed by atoms with Gasteiger partial charge in [0.15, 0.2) is 5.96 Å². The molecular weight excluding hydrogens is 457 g/mol. The first kappa shape index (κ1) is 23.7. The van der Waals surface area contributed by atoms with E-state index in [4.69, 9.17) is 0 Å². The Labute approximate surface area is 180 Å². The van der Waals surface area contributed by atoms with Crippen molar-refractivity contribution in [1.29, 1.82) is 0 Å². The van der Waals surface area contributed by atoms with E-state index in [1.54, 1.807) is 0 Å². The van der Waals surface area contributed by atoms with E-state index >= 15 is 0 Å². The molecule has 1 aliphatic heterocycles. The van der Waals surface area contributed by atoms with Crippen molar-refractivity contribution in [3.8, 4) is 0 Å². The molecule has 0 amide bonds. The molecule has 0 bridgehead atoms. The molecule has 0 radical (unpaired) electrons. The Hall–Kier alpha value is -0.380. The lowest BCUT2D eigenvalue weighted by molar-refractivity contribution is 0.249. The topological polar surface area (TPSA) is 42.9 Å². The van der Waals surface area contributed by atoms with E-state index in [1.807, 2.05) is 18.4 Å². The van der Waals surface area contributed by atoms with Crippen molar-refractivity contribution >= 4 is 41.3 Å². The van der Waals surface area contributed by atoms with Gasteiger partial charge in [0.05, 0.1) is 6.04 Å². The average Bonchev–Trinajstić information content (AvgIpc) is 3.33. The number of likely N-dealkylation sites (tertiary alicyclic amines) is 1. The molecule has 150 valence electrons. The lowest BCUT2D eigenvalue weighted by atomic mass is 10.2. The van der Waals surface area contributed by atoms with Crippen LogP contribution in [-0.4, -0.2) is 69.1 Å². The molecule has 1 fully saturated rings. The van der Waals surface area contributed by atoms with Crippen LogP contribution in [0.2, 0.25) is 0 Å². The van der Waals surface area contributed by atoms with Gasteiger partial charge in [0, 0.05) is 31.6 Å². The molecule has 0 aliphatic carbocycles. The first-order valence-corrected chi connectivity index (χ1v) is 10.5. The number of unbranched alkanes of at least 4 members (excludes halogenated alkanes) is 1. The van der Waals surface area contributed by atoms with Gasteiger partial charge in [0.25, 0.3) is 0 Å². The maximum absolute atomic E-state index is 4.39. The van der Waals surface area contributed by atoms with Gasteiger partial charge in [-0.25, -0.2) is 0 Å². The number of nitrogens with one attached hydrogen (secondary N) is 2. The lowest BCUT2D eigenvalue weighted by Gasteiger charge is -2.27. The van der Waals surface area contributed by atoms with Gasteiger partial charge in [0.2, 0.25) is 0 Å². The molecule has 5 nitrogen and oxygen atoms in total. The maximum Gasteiger partial charge on any atom is 0.191 e. The molecule has 1 atom stereocenters. The monoisotopic (exact) mass is 493 g/mol. The van der Waals surface area contributed by atoms with E-state index in [1.165, 1.54) is 50.2 Å². The summed E-state index contributed by atoms with van der Waals surface area (Å²) in [6.45, 7) is 8.69. The van der Waals surface area contributed by atoms with Crippen molar-refractivity contribution in [2.45, 2.75) is 38.6 Å². The summed E-state index contributed by atoms with van der Waals surface area (Å²) in [4.78, 5) is 10.8. The normalized spacial score (nSPS) is 16.5. The first-order chi connectivity index (χ1) is 12.2. The van der Waals surface area contributed by atoms with Gasteiger partial charge in [-0.15, -0.1) is 35.3 Å². The molecular formula is C19H36IN5S. The minimum absolute atomic E-state index is 0. The highest BCUT2D eigenvalue weighted by molar-refractivity contribution is 14.0. The second-order valence-electron chi connectivity index (χ2n) is 6.81. The summed E-state index contributed by atoms with van der Waals surface area (Å²) in [5.74, 6) is 0.907. The Kier molecular flexibility index (Phi) is 12.5. The highest BCUT2D eigenvalue weighted by Crippen LogP contribution is 2.27. The van der Waals surface area contributed by atoms with Crippen LogP contribution in [0.3, 0.4) is 0 Å². The molecule has 2 rings (SSSR count). The number of halogens is 1. The zero-order valence-corrected chi connectivity index (χ0v) is 19.7. The molecule has 1 aromatic rings. The molecule has 26 heavy (non-hydrogen) atoms. The number of hydrogen-bond donors (Lipinski definition) is 2. The SMILES string of the molecule is CCCCN(C)CCNC(=NC)NCC(c1cccs1)N1CCCC1.I. The number of likely N-dealkylation sites (N-methyl/N-ethyl adjacent to an activating group) is 1. The van der Waals surface area contributed by atoms with Crippen LogP contribution < -0.4 is 10.6 Å². The number of thiophene rings is 1. The van der Waals surface area contributed by atoms with E-state index < -0.39 is 0 Å². The van der Waals surface area contributed by atoms with Crippen molar-refractivity contribution in [3.63, 3.8) is 0 Å². The van der Waals surface area contributed by atoms with Crippen LogP contribution in [0.15, 0.2) is 22.5 Å².